The smallest absolute Gasteiger partial charge is 0.326 e. The quantitative estimate of drug-likeness (QED) is 0.884. The zero-order valence-electron chi connectivity index (χ0n) is 11.8. The minimum Gasteiger partial charge on any atom is -0.480 e. The Morgan fingerprint density at radius 1 is 1.38 bits per heavy atom. The number of fused-ring (bicyclic) bond motifs is 1. The number of imidazole rings is 1. The number of carbonyl (C=O) groups excluding carboxylic acids is 1. The number of piperidine rings is 1. The van der Waals surface area contributed by atoms with Crippen molar-refractivity contribution in [3.05, 3.63) is 29.6 Å². The van der Waals surface area contributed by atoms with Gasteiger partial charge >= 0.3 is 5.97 Å². The fourth-order valence-electron chi connectivity index (χ4n) is 2.87. The molecule has 6 heteroatoms. The summed E-state index contributed by atoms with van der Waals surface area (Å²) in [6, 6.07) is 4.51. The van der Waals surface area contributed by atoms with Crippen molar-refractivity contribution in [2.24, 2.45) is 0 Å². The van der Waals surface area contributed by atoms with E-state index >= 15 is 0 Å². The van der Waals surface area contributed by atoms with E-state index in [9.17, 15) is 14.7 Å². The van der Waals surface area contributed by atoms with Gasteiger partial charge in [0.2, 0.25) is 0 Å². The van der Waals surface area contributed by atoms with Crippen molar-refractivity contribution in [3.8, 4) is 0 Å². The van der Waals surface area contributed by atoms with Gasteiger partial charge in [-0.05, 0) is 44.4 Å². The summed E-state index contributed by atoms with van der Waals surface area (Å²) in [7, 11) is 0. The first-order valence-corrected chi connectivity index (χ1v) is 7.06. The van der Waals surface area contributed by atoms with Crippen LogP contribution in [0.5, 0.6) is 0 Å². The van der Waals surface area contributed by atoms with Crippen LogP contribution in [0, 0.1) is 6.92 Å². The molecule has 2 heterocycles. The number of carboxylic acid groups (broad SMARTS) is 1. The second-order valence-corrected chi connectivity index (χ2v) is 5.40. The van der Waals surface area contributed by atoms with Crippen molar-refractivity contribution < 1.29 is 14.7 Å². The molecule has 1 atom stereocenters. The summed E-state index contributed by atoms with van der Waals surface area (Å²) in [5.41, 5.74) is 2.10. The molecule has 21 heavy (non-hydrogen) atoms. The number of rotatable bonds is 2. The van der Waals surface area contributed by atoms with Gasteiger partial charge in [0.25, 0.3) is 5.91 Å². The maximum atomic E-state index is 12.6. The largest absolute Gasteiger partial charge is 0.480 e. The number of aromatic amines is 1. The Morgan fingerprint density at radius 2 is 2.19 bits per heavy atom. The van der Waals surface area contributed by atoms with Crippen molar-refractivity contribution in [2.45, 2.75) is 32.2 Å². The van der Waals surface area contributed by atoms with E-state index in [0.717, 1.165) is 29.7 Å². The van der Waals surface area contributed by atoms with Gasteiger partial charge in [-0.25, -0.2) is 9.78 Å². The van der Waals surface area contributed by atoms with Crippen LogP contribution in [0.2, 0.25) is 0 Å². The van der Waals surface area contributed by atoms with Crippen molar-refractivity contribution >= 4 is 22.9 Å². The lowest BCUT2D eigenvalue weighted by atomic mass is 10.0. The molecule has 2 N–H and O–H groups in total. The number of aromatic nitrogens is 2. The predicted molar refractivity (Wildman–Crippen MR) is 77.1 cm³/mol. The molecule has 0 unspecified atom stereocenters. The van der Waals surface area contributed by atoms with Gasteiger partial charge in [-0.3, -0.25) is 4.79 Å². The SMILES string of the molecule is Cc1nc2ccc(C(=O)N3CCCC[C@H]3C(=O)O)cc2[nH]1. The first-order valence-electron chi connectivity index (χ1n) is 7.06. The molecule has 0 aliphatic carbocycles. The van der Waals surface area contributed by atoms with E-state index in [0.29, 0.717) is 18.5 Å². The van der Waals surface area contributed by atoms with E-state index in [1.54, 1.807) is 18.2 Å². The molecule has 1 aromatic heterocycles. The van der Waals surface area contributed by atoms with Crippen LogP contribution in [0.25, 0.3) is 11.0 Å². The number of hydrogen-bond acceptors (Lipinski definition) is 3. The average Bonchev–Trinajstić information content (AvgIpc) is 2.85. The normalized spacial score (nSPS) is 18.9. The van der Waals surface area contributed by atoms with Gasteiger partial charge < -0.3 is 15.0 Å². The van der Waals surface area contributed by atoms with Crippen molar-refractivity contribution in [2.75, 3.05) is 6.54 Å². The number of amides is 1. The molecular formula is C15H17N3O3. The van der Waals surface area contributed by atoms with Crippen molar-refractivity contribution in [3.63, 3.8) is 0 Å². The molecule has 0 bridgehead atoms. The number of nitrogens with one attached hydrogen (secondary N) is 1. The first kappa shape index (κ1) is 13.6. The van der Waals surface area contributed by atoms with Crippen LogP contribution in [-0.4, -0.2) is 44.4 Å². The summed E-state index contributed by atoms with van der Waals surface area (Å²) < 4.78 is 0. The zero-order chi connectivity index (χ0) is 15.0. The zero-order valence-corrected chi connectivity index (χ0v) is 11.8. The summed E-state index contributed by atoms with van der Waals surface area (Å²) in [6.07, 6.45) is 2.22. The Kier molecular flexibility index (Phi) is 3.37. The first-order chi connectivity index (χ1) is 10.1. The van der Waals surface area contributed by atoms with E-state index in [4.69, 9.17) is 0 Å². The average molecular weight is 287 g/mol. The number of H-pyrrole nitrogens is 1. The standard InChI is InChI=1S/C15H17N3O3/c1-9-16-11-6-5-10(8-12(11)17-9)14(19)18-7-3-2-4-13(18)15(20)21/h5-6,8,13H,2-4,7H2,1H3,(H,16,17)(H,20,21)/t13-/m0/s1. The maximum Gasteiger partial charge on any atom is 0.326 e. The lowest BCUT2D eigenvalue weighted by Gasteiger charge is -2.33. The predicted octanol–water partition coefficient (Wildman–Crippen LogP) is 1.95. The molecule has 6 nitrogen and oxygen atoms in total. The van der Waals surface area contributed by atoms with Crippen LogP contribution in [0.1, 0.15) is 35.4 Å². The molecule has 0 radical (unpaired) electrons. The minimum atomic E-state index is -0.929. The van der Waals surface area contributed by atoms with Gasteiger partial charge in [-0.15, -0.1) is 0 Å². The number of carbonyl (C=O) groups is 2. The van der Waals surface area contributed by atoms with Crippen LogP contribution >= 0.6 is 0 Å². The number of likely N-dealkylation sites (tertiary alicyclic amines) is 1. The second-order valence-electron chi connectivity index (χ2n) is 5.40. The highest BCUT2D eigenvalue weighted by molar-refractivity contribution is 5.99. The van der Waals surface area contributed by atoms with E-state index < -0.39 is 12.0 Å². The maximum absolute atomic E-state index is 12.6. The van der Waals surface area contributed by atoms with Gasteiger partial charge in [0, 0.05) is 12.1 Å². The molecule has 3 rings (SSSR count). The molecule has 0 saturated carbocycles. The Bertz CT molecular complexity index is 707. The third kappa shape index (κ3) is 2.49. The highest BCUT2D eigenvalue weighted by Gasteiger charge is 2.32. The summed E-state index contributed by atoms with van der Waals surface area (Å²) in [4.78, 5) is 32.8. The highest BCUT2D eigenvalue weighted by atomic mass is 16.4. The second kappa shape index (κ2) is 5.20. The molecule has 1 aliphatic heterocycles. The number of benzene rings is 1. The summed E-state index contributed by atoms with van der Waals surface area (Å²) in [6.45, 7) is 2.35. The third-order valence-electron chi connectivity index (χ3n) is 3.90. The molecule has 2 aromatic rings. The molecule has 1 amide bonds. The molecule has 1 aromatic carbocycles. The van der Waals surface area contributed by atoms with E-state index in [2.05, 4.69) is 9.97 Å². The Labute approximate surface area is 121 Å². The van der Waals surface area contributed by atoms with E-state index in [1.807, 2.05) is 6.92 Å². The van der Waals surface area contributed by atoms with Crippen LogP contribution in [0.15, 0.2) is 18.2 Å². The topological polar surface area (TPSA) is 86.3 Å². The number of nitrogens with zero attached hydrogens (tertiary/aromatic N) is 2. The molecule has 110 valence electrons. The third-order valence-corrected chi connectivity index (χ3v) is 3.90. The number of aryl methyl sites for hydroxylation is 1. The van der Waals surface area contributed by atoms with Crippen LogP contribution < -0.4 is 0 Å². The minimum absolute atomic E-state index is 0.226. The molecule has 1 fully saturated rings. The molecular weight excluding hydrogens is 270 g/mol. The fourth-order valence-corrected chi connectivity index (χ4v) is 2.87. The monoisotopic (exact) mass is 287 g/mol. The Hall–Kier alpha value is -2.37. The number of carboxylic acids is 1. The van der Waals surface area contributed by atoms with Crippen molar-refractivity contribution in [1.29, 1.82) is 0 Å². The number of hydrogen-bond donors (Lipinski definition) is 2. The summed E-state index contributed by atoms with van der Waals surface area (Å²) in [5.74, 6) is -0.367. The van der Waals surface area contributed by atoms with Gasteiger partial charge in [0.05, 0.1) is 11.0 Å². The van der Waals surface area contributed by atoms with E-state index in [1.165, 1.54) is 4.90 Å². The number of aliphatic carboxylic acids is 1. The van der Waals surface area contributed by atoms with Crippen molar-refractivity contribution in [1.82, 2.24) is 14.9 Å². The molecule has 1 aliphatic rings. The summed E-state index contributed by atoms with van der Waals surface area (Å²) >= 11 is 0. The van der Waals surface area contributed by atoms with Crippen LogP contribution in [-0.2, 0) is 4.79 Å². The Morgan fingerprint density at radius 3 is 2.95 bits per heavy atom. The fraction of sp³-hybridized carbons (Fsp3) is 0.400. The lowest BCUT2D eigenvalue weighted by molar-refractivity contribution is -0.143. The lowest BCUT2D eigenvalue weighted by Crippen LogP contribution is -2.47. The van der Waals surface area contributed by atoms with Gasteiger partial charge in [0.1, 0.15) is 11.9 Å². The highest BCUT2D eigenvalue weighted by Crippen LogP contribution is 2.21. The molecule has 0 spiro atoms. The van der Waals surface area contributed by atoms with E-state index in [-0.39, 0.29) is 5.91 Å². The van der Waals surface area contributed by atoms with Crippen LogP contribution in [0.4, 0.5) is 0 Å². The molecule has 1 saturated heterocycles. The van der Waals surface area contributed by atoms with Gasteiger partial charge in [0.15, 0.2) is 0 Å². The Balaban J connectivity index is 1.92. The van der Waals surface area contributed by atoms with Gasteiger partial charge in [-0.1, -0.05) is 0 Å². The van der Waals surface area contributed by atoms with Crippen LogP contribution in [0.3, 0.4) is 0 Å². The van der Waals surface area contributed by atoms with Gasteiger partial charge in [-0.2, -0.15) is 0 Å². The summed E-state index contributed by atoms with van der Waals surface area (Å²) in [5, 5.41) is 9.27.